The van der Waals surface area contributed by atoms with Crippen molar-refractivity contribution in [2.45, 2.75) is 11.4 Å². The minimum atomic E-state index is -3.42. The van der Waals surface area contributed by atoms with Crippen LogP contribution in [0.25, 0.3) is 0 Å². The number of amides is 1. The highest BCUT2D eigenvalue weighted by molar-refractivity contribution is 7.91. The molecular weight excluding hydrogens is 340 g/mol. The van der Waals surface area contributed by atoms with Crippen molar-refractivity contribution < 1.29 is 17.9 Å². The van der Waals surface area contributed by atoms with Crippen LogP contribution in [0.2, 0.25) is 0 Å². The SMILES string of the molecule is COCCS(=O)(=O)c1ccc(C(=O)NCc2cccc(C#N)c2)cc1. The summed E-state index contributed by atoms with van der Waals surface area (Å²) in [7, 11) is -1.98. The Hall–Kier alpha value is -2.69. The number of sulfone groups is 1. The van der Waals surface area contributed by atoms with E-state index in [4.69, 9.17) is 10.00 Å². The van der Waals surface area contributed by atoms with Crippen LogP contribution in [0.1, 0.15) is 21.5 Å². The van der Waals surface area contributed by atoms with Crippen molar-refractivity contribution in [3.8, 4) is 6.07 Å². The van der Waals surface area contributed by atoms with Crippen LogP contribution < -0.4 is 5.32 Å². The summed E-state index contributed by atoms with van der Waals surface area (Å²) in [6.45, 7) is 0.397. The van der Waals surface area contributed by atoms with E-state index in [1.54, 1.807) is 18.2 Å². The number of ether oxygens (including phenoxy) is 1. The van der Waals surface area contributed by atoms with E-state index >= 15 is 0 Å². The first-order valence-electron chi connectivity index (χ1n) is 7.55. The molecule has 0 saturated heterocycles. The zero-order valence-corrected chi connectivity index (χ0v) is 14.5. The van der Waals surface area contributed by atoms with Gasteiger partial charge in [-0.15, -0.1) is 0 Å². The van der Waals surface area contributed by atoms with Gasteiger partial charge in [0.1, 0.15) is 0 Å². The Bertz CT molecular complexity index is 884. The number of rotatable bonds is 7. The lowest BCUT2D eigenvalue weighted by molar-refractivity contribution is 0.0951. The van der Waals surface area contributed by atoms with Gasteiger partial charge in [0.2, 0.25) is 0 Å². The van der Waals surface area contributed by atoms with Gasteiger partial charge in [-0.25, -0.2) is 8.42 Å². The lowest BCUT2D eigenvalue weighted by Gasteiger charge is -2.07. The third-order valence-corrected chi connectivity index (χ3v) is 5.24. The van der Waals surface area contributed by atoms with E-state index in [0.29, 0.717) is 11.1 Å². The van der Waals surface area contributed by atoms with Crippen molar-refractivity contribution in [3.63, 3.8) is 0 Å². The molecule has 2 aromatic rings. The van der Waals surface area contributed by atoms with Crippen molar-refractivity contribution in [1.82, 2.24) is 5.32 Å². The second-order valence-corrected chi connectivity index (χ2v) is 7.44. The van der Waals surface area contributed by atoms with E-state index in [1.807, 2.05) is 12.1 Å². The van der Waals surface area contributed by atoms with E-state index in [0.717, 1.165) is 5.56 Å². The Kier molecular flexibility index (Phi) is 6.28. The van der Waals surface area contributed by atoms with E-state index in [1.165, 1.54) is 31.4 Å². The number of carbonyl (C=O) groups excluding carboxylic acids is 1. The Balaban J connectivity index is 2.02. The standard InChI is InChI=1S/C18H18N2O4S/c1-24-9-10-25(22,23)17-7-5-16(6-8-17)18(21)20-13-15-4-2-3-14(11-15)12-19/h2-8,11H,9-10,13H2,1H3,(H,20,21). The Morgan fingerprint density at radius 1 is 1.20 bits per heavy atom. The van der Waals surface area contributed by atoms with Gasteiger partial charge in [-0.05, 0) is 42.0 Å². The summed E-state index contributed by atoms with van der Waals surface area (Å²) >= 11 is 0. The normalized spacial score (nSPS) is 10.9. The molecule has 0 spiro atoms. The number of nitrogens with zero attached hydrogens (tertiary/aromatic N) is 1. The lowest BCUT2D eigenvalue weighted by Crippen LogP contribution is -2.22. The van der Waals surface area contributed by atoms with Gasteiger partial charge in [0.25, 0.3) is 5.91 Å². The predicted octanol–water partition coefficient (Wildman–Crippen LogP) is 1.91. The molecule has 0 radical (unpaired) electrons. The number of carbonyl (C=O) groups is 1. The fourth-order valence-corrected chi connectivity index (χ4v) is 3.33. The molecule has 7 heteroatoms. The topological polar surface area (TPSA) is 96.3 Å². The zero-order valence-electron chi connectivity index (χ0n) is 13.7. The van der Waals surface area contributed by atoms with E-state index in [9.17, 15) is 13.2 Å². The fraction of sp³-hybridized carbons (Fsp3) is 0.222. The number of nitriles is 1. The molecule has 6 nitrogen and oxygen atoms in total. The smallest absolute Gasteiger partial charge is 0.251 e. The number of hydrogen-bond donors (Lipinski definition) is 1. The molecule has 0 aliphatic carbocycles. The number of methoxy groups -OCH3 is 1. The summed E-state index contributed by atoms with van der Waals surface area (Å²) in [5.41, 5.74) is 1.70. The van der Waals surface area contributed by atoms with E-state index in [2.05, 4.69) is 5.32 Å². The molecular formula is C18H18N2O4S. The Morgan fingerprint density at radius 3 is 2.56 bits per heavy atom. The maximum atomic E-state index is 12.2. The van der Waals surface area contributed by atoms with Crippen molar-refractivity contribution in [2.75, 3.05) is 19.5 Å². The first kappa shape index (κ1) is 18.6. The Morgan fingerprint density at radius 2 is 1.92 bits per heavy atom. The number of benzene rings is 2. The van der Waals surface area contributed by atoms with Crippen molar-refractivity contribution in [2.24, 2.45) is 0 Å². The minimum absolute atomic E-state index is 0.107. The van der Waals surface area contributed by atoms with Gasteiger partial charge in [-0.1, -0.05) is 12.1 Å². The molecule has 1 amide bonds. The lowest BCUT2D eigenvalue weighted by atomic mass is 10.1. The maximum Gasteiger partial charge on any atom is 0.251 e. The van der Waals surface area contributed by atoms with Crippen LogP contribution in [0, 0.1) is 11.3 Å². The molecule has 2 aromatic carbocycles. The maximum absolute atomic E-state index is 12.2. The Labute approximate surface area is 147 Å². The van der Waals surface area contributed by atoms with Crippen LogP contribution in [-0.2, 0) is 21.1 Å². The van der Waals surface area contributed by atoms with Gasteiger partial charge in [0.05, 0.1) is 28.9 Å². The van der Waals surface area contributed by atoms with Gasteiger partial charge in [-0.2, -0.15) is 5.26 Å². The van der Waals surface area contributed by atoms with Crippen LogP contribution in [0.5, 0.6) is 0 Å². The average Bonchev–Trinajstić information content (AvgIpc) is 2.64. The molecule has 0 atom stereocenters. The van der Waals surface area contributed by atoms with E-state index in [-0.39, 0.29) is 29.7 Å². The summed E-state index contributed by atoms with van der Waals surface area (Å²) in [5, 5.41) is 11.6. The molecule has 2 rings (SSSR count). The molecule has 25 heavy (non-hydrogen) atoms. The van der Waals surface area contributed by atoms with Gasteiger partial charge in [0, 0.05) is 19.2 Å². The van der Waals surface area contributed by atoms with E-state index < -0.39 is 9.84 Å². The van der Waals surface area contributed by atoms with Gasteiger partial charge >= 0.3 is 0 Å². The second-order valence-electron chi connectivity index (χ2n) is 5.33. The van der Waals surface area contributed by atoms with Crippen LogP contribution in [0.3, 0.4) is 0 Å². The highest BCUT2D eigenvalue weighted by Gasteiger charge is 2.15. The summed E-state index contributed by atoms with van der Waals surface area (Å²) in [5.74, 6) is -0.423. The number of hydrogen-bond acceptors (Lipinski definition) is 5. The summed E-state index contributed by atoms with van der Waals surface area (Å²) < 4.78 is 28.9. The molecule has 0 aliphatic rings. The van der Waals surface area contributed by atoms with Crippen molar-refractivity contribution in [3.05, 3.63) is 65.2 Å². The zero-order chi connectivity index (χ0) is 18.3. The first-order valence-corrected chi connectivity index (χ1v) is 9.20. The molecule has 0 fully saturated rings. The summed E-state index contributed by atoms with van der Waals surface area (Å²) in [6, 6.07) is 14.8. The van der Waals surface area contributed by atoms with Crippen molar-refractivity contribution in [1.29, 1.82) is 5.26 Å². The van der Waals surface area contributed by atoms with Gasteiger partial charge in [-0.3, -0.25) is 4.79 Å². The third-order valence-electron chi connectivity index (χ3n) is 3.54. The fourth-order valence-electron chi connectivity index (χ4n) is 2.16. The molecule has 1 N–H and O–H groups in total. The first-order chi connectivity index (χ1) is 12.0. The molecule has 130 valence electrons. The van der Waals surface area contributed by atoms with Crippen LogP contribution >= 0.6 is 0 Å². The average molecular weight is 358 g/mol. The summed E-state index contributed by atoms with van der Waals surface area (Å²) in [4.78, 5) is 12.3. The van der Waals surface area contributed by atoms with Gasteiger partial charge in [0.15, 0.2) is 9.84 Å². The second kappa shape index (κ2) is 8.42. The van der Waals surface area contributed by atoms with Crippen molar-refractivity contribution >= 4 is 15.7 Å². The molecule has 0 saturated carbocycles. The van der Waals surface area contributed by atoms with Crippen LogP contribution in [0.4, 0.5) is 0 Å². The molecule has 0 unspecified atom stereocenters. The molecule has 0 heterocycles. The molecule has 0 aromatic heterocycles. The molecule has 0 aliphatic heterocycles. The molecule has 0 bridgehead atoms. The predicted molar refractivity (Wildman–Crippen MR) is 92.7 cm³/mol. The number of nitrogens with one attached hydrogen (secondary N) is 1. The van der Waals surface area contributed by atoms with Crippen LogP contribution in [0.15, 0.2) is 53.4 Å². The highest BCUT2D eigenvalue weighted by atomic mass is 32.2. The summed E-state index contributed by atoms with van der Waals surface area (Å²) in [6.07, 6.45) is 0. The minimum Gasteiger partial charge on any atom is -0.384 e. The quantitative estimate of drug-likeness (QED) is 0.815. The third kappa shape index (κ3) is 5.14. The largest absolute Gasteiger partial charge is 0.384 e. The van der Waals surface area contributed by atoms with Gasteiger partial charge < -0.3 is 10.1 Å². The highest BCUT2D eigenvalue weighted by Crippen LogP contribution is 2.13. The van der Waals surface area contributed by atoms with Crippen LogP contribution in [-0.4, -0.2) is 33.8 Å². The monoisotopic (exact) mass is 358 g/mol.